The van der Waals surface area contributed by atoms with Crippen molar-refractivity contribution in [1.82, 2.24) is 4.98 Å². The normalized spacial score (nSPS) is 11.3. The molecule has 0 unspecified atom stereocenters. The minimum atomic E-state index is -4.54. The highest BCUT2D eigenvalue weighted by molar-refractivity contribution is 9.10. The van der Waals surface area contributed by atoms with Crippen LogP contribution in [0.3, 0.4) is 0 Å². The van der Waals surface area contributed by atoms with Gasteiger partial charge in [-0.05, 0) is 24.3 Å². The molecule has 0 spiro atoms. The first kappa shape index (κ1) is 15.5. The molecular weight excluding hydrogens is 351 g/mol. The van der Waals surface area contributed by atoms with Crippen molar-refractivity contribution < 1.29 is 22.7 Å². The number of nitrogens with zero attached hydrogens (tertiary/aromatic N) is 1. The van der Waals surface area contributed by atoms with Gasteiger partial charge in [-0.2, -0.15) is 13.2 Å². The molecule has 0 N–H and O–H groups in total. The number of hydrogen-bond acceptors (Lipinski definition) is 3. The summed E-state index contributed by atoms with van der Waals surface area (Å²) in [4.78, 5) is 16.0. The van der Waals surface area contributed by atoms with Crippen molar-refractivity contribution in [3.8, 4) is 5.75 Å². The lowest BCUT2D eigenvalue weighted by Gasteiger charge is -2.11. The fraction of sp³-hybridized carbons (Fsp3) is 0.143. The Kier molecular flexibility index (Phi) is 4.32. The van der Waals surface area contributed by atoms with E-state index in [4.69, 9.17) is 4.74 Å². The van der Waals surface area contributed by atoms with Crippen molar-refractivity contribution in [2.24, 2.45) is 0 Å². The summed E-state index contributed by atoms with van der Waals surface area (Å²) in [7, 11) is 1.41. The van der Waals surface area contributed by atoms with Crippen LogP contribution < -0.4 is 4.74 Å². The monoisotopic (exact) mass is 359 g/mol. The molecule has 0 aliphatic rings. The molecule has 0 saturated carbocycles. The average molecular weight is 360 g/mol. The predicted molar refractivity (Wildman–Crippen MR) is 73.4 cm³/mol. The number of methoxy groups -OCH3 is 1. The molecule has 0 bridgehead atoms. The molecule has 1 aromatic carbocycles. The number of ketones is 1. The van der Waals surface area contributed by atoms with E-state index in [-0.39, 0.29) is 15.6 Å². The largest absolute Gasteiger partial charge is 0.495 e. The summed E-state index contributed by atoms with van der Waals surface area (Å²) in [5.74, 6) is -0.201. The third-order valence-corrected chi connectivity index (χ3v) is 3.44. The fourth-order valence-corrected chi connectivity index (χ4v) is 2.18. The summed E-state index contributed by atoms with van der Waals surface area (Å²) in [6, 6.07) is 4.75. The van der Waals surface area contributed by atoms with Gasteiger partial charge in [0.05, 0.1) is 18.9 Å². The molecule has 0 saturated heterocycles. The minimum absolute atomic E-state index is 0.0689. The molecule has 0 aliphatic heterocycles. The maximum atomic E-state index is 12.8. The van der Waals surface area contributed by atoms with Gasteiger partial charge in [-0.15, -0.1) is 0 Å². The van der Waals surface area contributed by atoms with Crippen LogP contribution in [-0.4, -0.2) is 17.9 Å². The molecule has 1 heterocycles. The highest BCUT2D eigenvalue weighted by Crippen LogP contribution is 2.35. The molecule has 2 rings (SSSR count). The van der Waals surface area contributed by atoms with Gasteiger partial charge < -0.3 is 4.74 Å². The highest BCUT2D eigenvalue weighted by atomic mass is 79.9. The molecule has 110 valence electrons. The number of benzene rings is 1. The zero-order valence-electron chi connectivity index (χ0n) is 10.7. The van der Waals surface area contributed by atoms with E-state index in [1.54, 1.807) is 0 Å². The number of pyridine rings is 1. The molecule has 0 fully saturated rings. The third kappa shape index (κ3) is 3.41. The standard InChI is InChI=1S/C14H9BrF3NO2/c1-21-10-4-9(6-19-7-10)13(20)8-2-3-12(15)11(5-8)14(16,17)18/h2-7H,1H3. The van der Waals surface area contributed by atoms with Crippen LogP contribution in [0.4, 0.5) is 13.2 Å². The second kappa shape index (κ2) is 5.85. The number of carbonyl (C=O) groups is 1. The van der Waals surface area contributed by atoms with E-state index in [1.165, 1.54) is 37.7 Å². The molecule has 0 amide bonds. The van der Waals surface area contributed by atoms with E-state index >= 15 is 0 Å². The Balaban J connectivity index is 2.44. The van der Waals surface area contributed by atoms with E-state index in [0.29, 0.717) is 5.75 Å². The van der Waals surface area contributed by atoms with Crippen molar-refractivity contribution in [2.45, 2.75) is 6.18 Å². The van der Waals surface area contributed by atoms with Crippen LogP contribution in [-0.2, 0) is 6.18 Å². The molecule has 7 heteroatoms. The quantitative estimate of drug-likeness (QED) is 0.774. The van der Waals surface area contributed by atoms with Crippen LogP contribution in [0.25, 0.3) is 0 Å². The number of ether oxygens (including phenoxy) is 1. The van der Waals surface area contributed by atoms with Crippen molar-refractivity contribution in [1.29, 1.82) is 0 Å². The lowest BCUT2D eigenvalue weighted by atomic mass is 10.0. The Hall–Kier alpha value is -1.89. The molecular formula is C14H9BrF3NO2. The zero-order chi connectivity index (χ0) is 15.6. The lowest BCUT2D eigenvalue weighted by molar-refractivity contribution is -0.138. The van der Waals surface area contributed by atoms with Crippen LogP contribution in [0.15, 0.2) is 41.1 Å². The summed E-state index contributed by atoms with van der Waals surface area (Å²) in [5.41, 5.74) is -0.811. The first-order valence-corrected chi connectivity index (χ1v) is 6.52. The average Bonchev–Trinajstić information content (AvgIpc) is 2.46. The van der Waals surface area contributed by atoms with Crippen molar-refractivity contribution in [2.75, 3.05) is 7.11 Å². The maximum Gasteiger partial charge on any atom is 0.417 e. The number of aromatic nitrogens is 1. The molecule has 1 aromatic heterocycles. The van der Waals surface area contributed by atoms with Gasteiger partial charge in [0.25, 0.3) is 0 Å². The Morgan fingerprint density at radius 2 is 1.90 bits per heavy atom. The molecule has 21 heavy (non-hydrogen) atoms. The second-order valence-corrected chi connectivity index (χ2v) is 4.99. The lowest BCUT2D eigenvalue weighted by Crippen LogP contribution is -2.09. The summed E-state index contributed by atoms with van der Waals surface area (Å²) in [6.07, 6.45) is -1.86. The number of alkyl halides is 3. The molecule has 0 atom stereocenters. The maximum absolute atomic E-state index is 12.8. The Bertz CT molecular complexity index is 686. The fourth-order valence-electron chi connectivity index (χ4n) is 1.71. The second-order valence-electron chi connectivity index (χ2n) is 4.13. The summed E-state index contributed by atoms with van der Waals surface area (Å²) in [6.45, 7) is 0. The number of rotatable bonds is 3. The topological polar surface area (TPSA) is 39.2 Å². The number of carbonyl (C=O) groups excluding carboxylic acids is 1. The molecule has 0 radical (unpaired) electrons. The molecule has 0 aliphatic carbocycles. The van der Waals surface area contributed by atoms with Crippen LogP contribution in [0.2, 0.25) is 0 Å². The number of halogens is 4. The zero-order valence-corrected chi connectivity index (χ0v) is 12.3. The summed E-state index contributed by atoms with van der Waals surface area (Å²) < 4.78 is 43.3. The molecule has 3 nitrogen and oxygen atoms in total. The van der Waals surface area contributed by atoms with E-state index in [1.807, 2.05) is 0 Å². The summed E-state index contributed by atoms with van der Waals surface area (Å²) >= 11 is 2.83. The first-order valence-electron chi connectivity index (χ1n) is 5.73. The van der Waals surface area contributed by atoms with Crippen molar-refractivity contribution >= 4 is 21.7 Å². The van der Waals surface area contributed by atoms with Crippen LogP contribution in [0.5, 0.6) is 5.75 Å². The number of hydrogen-bond donors (Lipinski definition) is 0. The third-order valence-electron chi connectivity index (χ3n) is 2.74. The Morgan fingerprint density at radius 3 is 2.52 bits per heavy atom. The van der Waals surface area contributed by atoms with Crippen molar-refractivity contribution in [3.05, 3.63) is 57.8 Å². The van der Waals surface area contributed by atoms with Gasteiger partial charge >= 0.3 is 6.18 Å². The minimum Gasteiger partial charge on any atom is -0.495 e. The van der Waals surface area contributed by atoms with E-state index in [0.717, 1.165) is 6.07 Å². The Labute approximate surface area is 126 Å². The van der Waals surface area contributed by atoms with Crippen LogP contribution in [0.1, 0.15) is 21.5 Å². The summed E-state index contributed by atoms with van der Waals surface area (Å²) in [5, 5.41) is 0. The Morgan fingerprint density at radius 1 is 1.19 bits per heavy atom. The van der Waals surface area contributed by atoms with Gasteiger partial charge in [-0.1, -0.05) is 15.9 Å². The van der Waals surface area contributed by atoms with Gasteiger partial charge in [0.15, 0.2) is 5.78 Å². The van der Waals surface area contributed by atoms with Crippen molar-refractivity contribution in [3.63, 3.8) is 0 Å². The highest BCUT2D eigenvalue weighted by Gasteiger charge is 2.33. The van der Waals surface area contributed by atoms with Gasteiger partial charge in [0.1, 0.15) is 5.75 Å². The van der Waals surface area contributed by atoms with E-state index in [2.05, 4.69) is 20.9 Å². The van der Waals surface area contributed by atoms with Gasteiger partial charge in [-0.3, -0.25) is 9.78 Å². The predicted octanol–water partition coefficient (Wildman–Crippen LogP) is 4.10. The molecule has 2 aromatic rings. The van der Waals surface area contributed by atoms with Gasteiger partial charge in [-0.25, -0.2) is 0 Å². The smallest absolute Gasteiger partial charge is 0.417 e. The van der Waals surface area contributed by atoms with E-state index < -0.39 is 17.5 Å². The van der Waals surface area contributed by atoms with Gasteiger partial charge in [0.2, 0.25) is 0 Å². The SMILES string of the molecule is COc1cncc(C(=O)c2ccc(Br)c(C(F)(F)F)c2)c1. The van der Waals surface area contributed by atoms with E-state index in [9.17, 15) is 18.0 Å². The first-order chi connectivity index (χ1) is 9.82. The van der Waals surface area contributed by atoms with Gasteiger partial charge in [0, 0.05) is 21.8 Å². The van der Waals surface area contributed by atoms with Crippen LogP contribution in [0, 0.1) is 0 Å². The van der Waals surface area contributed by atoms with Crippen LogP contribution >= 0.6 is 15.9 Å².